The molecule has 1 heteroatoms. The molecular weight excluding hydrogens is 184 g/mol. The predicted octanol–water partition coefficient (Wildman–Crippen LogP) is 4.37. The highest BCUT2D eigenvalue weighted by Crippen LogP contribution is 2.29. The number of rotatable bonds is 3. The van der Waals surface area contributed by atoms with Gasteiger partial charge in [0.15, 0.2) is 0 Å². The van der Waals surface area contributed by atoms with Crippen molar-refractivity contribution in [3.63, 3.8) is 0 Å². The lowest BCUT2D eigenvalue weighted by Gasteiger charge is -2.31. The van der Waals surface area contributed by atoms with Gasteiger partial charge in [0.1, 0.15) is 5.60 Å². The molecule has 0 saturated heterocycles. The molecular formula is C14H22O. The summed E-state index contributed by atoms with van der Waals surface area (Å²) in [7, 11) is 0. The van der Waals surface area contributed by atoms with Crippen LogP contribution in [0.2, 0.25) is 0 Å². The Morgan fingerprint density at radius 2 is 2.07 bits per heavy atom. The van der Waals surface area contributed by atoms with Gasteiger partial charge in [-0.05, 0) is 65.2 Å². The van der Waals surface area contributed by atoms with E-state index >= 15 is 0 Å². The van der Waals surface area contributed by atoms with Gasteiger partial charge in [0.05, 0.1) is 5.76 Å². The number of allylic oxidation sites excluding steroid dienone is 5. The first-order chi connectivity index (χ1) is 6.91. The van der Waals surface area contributed by atoms with Crippen LogP contribution in [0.5, 0.6) is 0 Å². The Morgan fingerprint density at radius 1 is 1.40 bits per heavy atom. The highest BCUT2D eigenvalue weighted by Gasteiger charge is 2.25. The standard InChI is InChI=1S/C14H22O/c1-11(2)7-6-8-14(5)10-12(3)9-13(4)15-14/h7,9-10H,6,8H2,1-5H3. The Hall–Kier alpha value is -0.980. The monoisotopic (exact) mass is 206 g/mol. The van der Waals surface area contributed by atoms with Crippen LogP contribution in [0.25, 0.3) is 0 Å². The van der Waals surface area contributed by atoms with E-state index < -0.39 is 0 Å². The second kappa shape index (κ2) is 4.69. The Bertz CT molecular complexity index is 316. The predicted molar refractivity (Wildman–Crippen MR) is 65.7 cm³/mol. The van der Waals surface area contributed by atoms with Gasteiger partial charge in [-0.15, -0.1) is 0 Å². The summed E-state index contributed by atoms with van der Waals surface area (Å²) in [6.07, 6.45) is 8.70. The van der Waals surface area contributed by atoms with E-state index in [4.69, 9.17) is 4.74 Å². The molecule has 1 aliphatic rings. The molecule has 0 bridgehead atoms. The van der Waals surface area contributed by atoms with Gasteiger partial charge in [-0.3, -0.25) is 0 Å². The molecule has 0 radical (unpaired) electrons. The number of hydrogen-bond acceptors (Lipinski definition) is 1. The van der Waals surface area contributed by atoms with Gasteiger partial charge in [0.25, 0.3) is 0 Å². The van der Waals surface area contributed by atoms with Crippen LogP contribution in [-0.2, 0) is 4.74 Å². The molecule has 0 fully saturated rings. The van der Waals surface area contributed by atoms with Crippen LogP contribution in [0.3, 0.4) is 0 Å². The summed E-state index contributed by atoms with van der Waals surface area (Å²) < 4.78 is 5.88. The molecule has 0 aromatic carbocycles. The average molecular weight is 206 g/mol. The molecule has 1 atom stereocenters. The summed E-state index contributed by atoms with van der Waals surface area (Å²) in [5.74, 6) is 1.02. The van der Waals surface area contributed by atoms with E-state index in [1.54, 1.807) is 0 Å². The van der Waals surface area contributed by atoms with Gasteiger partial charge in [0, 0.05) is 0 Å². The Kier molecular flexibility index (Phi) is 3.78. The van der Waals surface area contributed by atoms with Gasteiger partial charge in [-0.1, -0.05) is 11.6 Å². The summed E-state index contributed by atoms with van der Waals surface area (Å²) in [5.41, 5.74) is 2.57. The van der Waals surface area contributed by atoms with Crippen molar-refractivity contribution in [2.45, 2.75) is 53.1 Å². The zero-order valence-electron chi connectivity index (χ0n) is 10.6. The highest BCUT2D eigenvalue weighted by atomic mass is 16.5. The first kappa shape index (κ1) is 12.1. The summed E-state index contributed by atoms with van der Waals surface area (Å²) in [6.45, 7) is 10.6. The maximum Gasteiger partial charge on any atom is 0.125 e. The van der Waals surface area contributed by atoms with E-state index in [1.807, 2.05) is 6.92 Å². The third-order valence-electron chi connectivity index (χ3n) is 2.55. The van der Waals surface area contributed by atoms with E-state index in [1.165, 1.54) is 11.1 Å². The summed E-state index contributed by atoms with van der Waals surface area (Å²) in [4.78, 5) is 0. The van der Waals surface area contributed by atoms with Crippen molar-refractivity contribution in [2.75, 3.05) is 0 Å². The molecule has 1 heterocycles. The molecule has 84 valence electrons. The second-order valence-electron chi connectivity index (χ2n) is 4.88. The summed E-state index contributed by atoms with van der Waals surface area (Å²) in [5, 5.41) is 0. The number of hydrogen-bond donors (Lipinski definition) is 0. The Morgan fingerprint density at radius 3 is 2.60 bits per heavy atom. The molecule has 0 aromatic heterocycles. The maximum absolute atomic E-state index is 5.88. The van der Waals surface area contributed by atoms with E-state index in [2.05, 4.69) is 45.9 Å². The van der Waals surface area contributed by atoms with E-state index in [-0.39, 0.29) is 5.60 Å². The van der Waals surface area contributed by atoms with E-state index in [0.29, 0.717) is 0 Å². The summed E-state index contributed by atoms with van der Waals surface area (Å²) in [6, 6.07) is 0. The SMILES string of the molecule is CC(C)=CCCC1(C)C=C(C)C=C(C)O1. The summed E-state index contributed by atoms with van der Waals surface area (Å²) >= 11 is 0. The first-order valence-corrected chi connectivity index (χ1v) is 5.61. The molecule has 0 amide bonds. The molecule has 1 aliphatic heterocycles. The van der Waals surface area contributed by atoms with Crippen molar-refractivity contribution >= 4 is 0 Å². The second-order valence-corrected chi connectivity index (χ2v) is 4.88. The molecule has 15 heavy (non-hydrogen) atoms. The van der Waals surface area contributed by atoms with Crippen molar-refractivity contribution in [1.29, 1.82) is 0 Å². The quantitative estimate of drug-likeness (QED) is 0.623. The molecule has 0 spiro atoms. The lowest BCUT2D eigenvalue weighted by Crippen LogP contribution is -2.27. The topological polar surface area (TPSA) is 9.23 Å². The van der Waals surface area contributed by atoms with Crippen molar-refractivity contribution in [3.8, 4) is 0 Å². The minimum absolute atomic E-state index is 0.116. The minimum atomic E-state index is -0.116. The molecule has 1 unspecified atom stereocenters. The zero-order chi connectivity index (χ0) is 11.5. The van der Waals surface area contributed by atoms with Gasteiger partial charge in [-0.25, -0.2) is 0 Å². The van der Waals surface area contributed by atoms with Gasteiger partial charge in [-0.2, -0.15) is 0 Å². The van der Waals surface area contributed by atoms with Crippen molar-refractivity contribution < 1.29 is 4.74 Å². The molecule has 0 aliphatic carbocycles. The maximum atomic E-state index is 5.88. The average Bonchev–Trinajstić information content (AvgIpc) is 1.98. The minimum Gasteiger partial charge on any atom is -0.488 e. The van der Waals surface area contributed by atoms with E-state index in [0.717, 1.165) is 18.6 Å². The third kappa shape index (κ3) is 3.94. The first-order valence-electron chi connectivity index (χ1n) is 5.61. The fourth-order valence-corrected chi connectivity index (χ4v) is 2.04. The Labute approximate surface area is 93.5 Å². The third-order valence-corrected chi connectivity index (χ3v) is 2.55. The van der Waals surface area contributed by atoms with Crippen molar-refractivity contribution in [1.82, 2.24) is 0 Å². The molecule has 0 N–H and O–H groups in total. The molecule has 1 rings (SSSR count). The fourth-order valence-electron chi connectivity index (χ4n) is 2.04. The van der Waals surface area contributed by atoms with Crippen LogP contribution in [0, 0.1) is 0 Å². The molecule has 0 saturated carbocycles. The van der Waals surface area contributed by atoms with Gasteiger partial charge >= 0.3 is 0 Å². The van der Waals surface area contributed by atoms with Crippen LogP contribution < -0.4 is 0 Å². The van der Waals surface area contributed by atoms with E-state index in [9.17, 15) is 0 Å². The fraction of sp³-hybridized carbons (Fsp3) is 0.571. The van der Waals surface area contributed by atoms with Gasteiger partial charge < -0.3 is 4.74 Å². The molecule has 0 aromatic rings. The van der Waals surface area contributed by atoms with Crippen LogP contribution in [0.4, 0.5) is 0 Å². The van der Waals surface area contributed by atoms with Crippen LogP contribution in [-0.4, -0.2) is 5.60 Å². The van der Waals surface area contributed by atoms with Crippen molar-refractivity contribution in [2.24, 2.45) is 0 Å². The zero-order valence-corrected chi connectivity index (χ0v) is 10.6. The van der Waals surface area contributed by atoms with Crippen LogP contribution in [0.1, 0.15) is 47.5 Å². The van der Waals surface area contributed by atoms with Crippen molar-refractivity contribution in [3.05, 3.63) is 35.1 Å². The van der Waals surface area contributed by atoms with Gasteiger partial charge in [0.2, 0.25) is 0 Å². The smallest absolute Gasteiger partial charge is 0.125 e. The number of ether oxygens (including phenoxy) is 1. The van der Waals surface area contributed by atoms with Crippen LogP contribution in [0.15, 0.2) is 35.1 Å². The largest absolute Gasteiger partial charge is 0.488 e. The lowest BCUT2D eigenvalue weighted by atomic mass is 9.94. The molecule has 1 nitrogen and oxygen atoms in total. The lowest BCUT2D eigenvalue weighted by molar-refractivity contribution is 0.0511. The van der Waals surface area contributed by atoms with Crippen LogP contribution >= 0.6 is 0 Å². The normalized spacial score (nSPS) is 25.1. The Balaban J connectivity index is 2.61. The highest BCUT2D eigenvalue weighted by molar-refractivity contribution is 5.26.